The molecule has 0 fully saturated rings. The van der Waals surface area contributed by atoms with Crippen molar-refractivity contribution in [2.45, 2.75) is 0 Å². The maximum absolute atomic E-state index is 5.30. The Morgan fingerprint density at radius 2 is 0.611 bits per heavy atom. The summed E-state index contributed by atoms with van der Waals surface area (Å²) >= 11 is 0. The number of nitrogens with zero attached hydrogens (tertiary/aromatic N) is 10. The van der Waals surface area contributed by atoms with Gasteiger partial charge >= 0.3 is 0 Å². The number of rotatable bonds is 8. The van der Waals surface area contributed by atoms with Crippen molar-refractivity contribution in [1.82, 2.24) is 49.8 Å². The van der Waals surface area contributed by atoms with Gasteiger partial charge in [-0.3, -0.25) is 19.9 Å². The lowest BCUT2D eigenvalue weighted by atomic mass is 9.89. The summed E-state index contributed by atoms with van der Waals surface area (Å²) in [6.07, 6.45) is 10.8. The van der Waals surface area contributed by atoms with Crippen LogP contribution in [-0.4, -0.2) is 49.8 Å². The summed E-state index contributed by atoms with van der Waals surface area (Å²) in [6, 6.07) is 62.2. The van der Waals surface area contributed by atoms with Crippen molar-refractivity contribution in [3.05, 3.63) is 219 Å². The molecule has 10 nitrogen and oxygen atoms in total. The number of hydrogen-bond donors (Lipinski definition) is 0. The molecule has 72 heavy (non-hydrogen) atoms. The molecule has 0 aliphatic carbocycles. The predicted octanol–water partition coefficient (Wildman–Crippen LogP) is 14.2. The molecule has 334 valence electrons. The molecule has 14 rings (SSSR count). The van der Waals surface area contributed by atoms with Gasteiger partial charge in [0.2, 0.25) is 0 Å². The highest BCUT2D eigenvalue weighted by molar-refractivity contribution is 6.27. The number of fused-ring (bicyclic) bond motifs is 2. The van der Waals surface area contributed by atoms with E-state index in [9.17, 15) is 0 Å². The van der Waals surface area contributed by atoms with Crippen LogP contribution in [0.1, 0.15) is 0 Å². The Bertz CT molecular complexity index is 4200. The predicted molar refractivity (Wildman–Crippen MR) is 287 cm³/mol. The SMILES string of the molecule is c1cc(-c2ccncc2)cc(-c2nc(-c3cccc(-c4ccncc4)c3)nc(-c3ccc4ccc5c(-c6nc(-c7cccc8cccnc78)nc(-c7cccc8cccnc78)n6)ccc6ccc3c4c65)n2)c1. The van der Waals surface area contributed by atoms with Crippen LogP contribution in [0.3, 0.4) is 0 Å². The van der Waals surface area contributed by atoms with E-state index in [2.05, 4.69) is 119 Å². The van der Waals surface area contributed by atoms with Crippen LogP contribution in [0.5, 0.6) is 0 Å². The van der Waals surface area contributed by atoms with E-state index in [4.69, 9.17) is 39.9 Å². The second kappa shape index (κ2) is 16.9. The van der Waals surface area contributed by atoms with Crippen LogP contribution >= 0.6 is 0 Å². The number of aromatic nitrogens is 10. The van der Waals surface area contributed by atoms with Crippen LogP contribution in [0.25, 0.3) is 145 Å². The molecule has 14 aromatic rings. The van der Waals surface area contributed by atoms with Gasteiger partial charge in [0.05, 0.1) is 11.0 Å². The van der Waals surface area contributed by atoms with E-state index in [-0.39, 0.29) is 0 Å². The molecular weight excluding hydrogens is 885 g/mol. The third-order valence-corrected chi connectivity index (χ3v) is 13.4. The molecule has 6 aromatic heterocycles. The van der Waals surface area contributed by atoms with Gasteiger partial charge in [0, 0.05) is 81.3 Å². The smallest absolute Gasteiger partial charge is 0.166 e. The molecule has 0 aliphatic rings. The Morgan fingerprint density at radius 1 is 0.236 bits per heavy atom. The van der Waals surface area contributed by atoms with E-state index in [0.29, 0.717) is 34.9 Å². The van der Waals surface area contributed by atoms with Crippen molar-refractivity contribution in [2.75, 3.05) is 0 Å². The van der Waals surface area contributed by atoms with Crippen LogP contribution in [-0.2, 0) is 0 Å². The molecule has 0 spiro atoms. The zero-order valence-corrected chi connectivity index (χ0v) is 38.3. The number of pyridine rings is 4. The zero-order chi connectivity index (χ0) is 47.5. The molecule has 0 aliphatic heterocycles. The Kier molecular flexibility index (Phi) is 9.59. The van der Waals surface area contributed by atoms with Gasteiger partial charge in [0.15, 0.2) is 34.9 Å². The first-order valence-corrected chi connectivity index (χ1v) is 23.6. The molecule has 0 bridgehead atoms. The molecule has 0 amide bonds. The van der Waals surface area contributed by atoms with Crippen molar-refractivity contribution < 1.29 is 0 Å². The summed E-state index contributed by atoms with van der Waals surface area (Å²) in [5.74, 6) is 3.30. The average molecular weight is 921 g/mol. The first-order valence-electron chi connectivity index (χ1n) is 23.6. The van der Waals surface area contributed by atoms with E-state index in [1.165, 1.54) is 0 Å². The topological polar surface area (TPSA) is 129 Å². The van der Waals surface area contributed by atoms with Crippen molar-refractivity contribution >= 4 is 54.1 Å². The minimum Gasteiger partial charge on any atom is -0.265 e. The molecule has 0 atom stereocenters. The van der Waals surface area contributed by atoms with Crippen LogP contribution in [0.15, 0.2) is 219 Å². The first kappa shape index (κ1) is 41.0. The summed E-state index contributed by atoms with van der Waals surface area (Å²) in [6.45, 7) is 0. The standard InChI is InChI=1S/C62H36N10/c1-9-43(37-25-31-63-32-26-37)35-45(11-1)57-67-58(46-12-2-10-44(36-46)38-27-33-64-34-28-38)69-59(68-57)49-23-19-39-18-22-48-50(24-20-40-17-21-47(49)53(39)54(40)48)60-70-61(51-15-3-7-41-13-5-29-65-55(41)51)72-62(71-60)52-16-4-8-42-14-6-30-66-56(42)52/h1-36H. The second-order valence-corrected chi connectivity index (χ2v) is 17.7. The Morgan fingerprint density at radius 3 is 1.08 bits per heavy atom. The maximum atomic E-state index is 5.30. The Balaban J connectivity index is 0.974. The molecule has 8 aromatic carbocycles. The van der Waals surface area contributed by atoms with Gasteiger partial charge < -0.3 is 0 Å². The number of hydrogen-bond acceptors (Lipinski definition) is 10. The summed E-state index contributed by atoms with van der Waals surface area (Å²) in [7, 11) is 0. The van der Waals surface area contributed by atoms with Crippen LogP contribution < -0.4 is 0 Å². The lowest BCUT2D eigenvalue weighted by Gasteiger charge is -2.17. The second-order valence-electron chi connectivity index (χ2n) is 17.7. The fourth-order valence-corrected chi connectivity index (χ4v) is 10.0. The van der Waals surface area contributed by atoms with E-state index >= 15 is 0 Å². The van der Waals surface area contributed by atoms with Gasteiger partial charge in [0.25, 0.3) is 0 Å². The largest absolute Gasteiger partial charge is 0.265 e. The van der Waals surface area contributed by atoms with Crippen molar-refractivity contribution in [1.29, 1.82) is 0 Å². The highest BCUT2D eigenvalue weighted by atomic mass is 15.0. The average Bonchev–Trinajstić information content (AvgIpc) is 3.46. The molecule has 0 radical (unpaired) electrons. The molecule has 6 heterocycles. The Labute approximate surface area is 411 Å². The molecule has 0 unspecified atom stereocenters. The van der Waals surface area contributed by atoms with Crippen LogP contribution in [0.4, 0.5) is 0 Å². The fourth-order valence-electron chi connectivity index (χ4n) is 10.0. The normalized spacial score (nSPS) is 11.6. The molecule has 10 heteroatoms. The number of benzene rings is 8. The van der Waals surface area contributed by atoms with Gasteiger partial charge in [-0.1, -0.05) is 109 Å². The third kappa shape index (κ3) is 7.04. The lowest BCUT2D eigenvalue weighted by Crippen LogP contribution is -2.02. The van der Waals surface area contributed by atoms with Crippen LogP contribution in [0.2, 0.25) is 0 Å². The van der Waals surface area contributed by atoms with E-state index in [0.717, 1.165) is 110 Å². The highest BCUT2D eigenvalue weighted by Crippen LogP contribution is 2.43. The van der Waals surface area contributed by atoms with Gasteiger partial charge in [0.1, 0.15) is 0 Å². The zero-order valence-electron chi connectivity index (χ0n) is 38.3. The lowest BCUT2D eigenvalue weighted by molar-refractivity contribution is 1.08. The monoisotopic (exact) mass is 920 g/mol. The van der Waals surface area contributed by atoms with Gasteiger partial charge in [-0.25, -0.2) is 29.9 Å². The number of para-hydroxylation sites is 2. The molecule has 0 saturated heterocycles. The molecule has 0 N–H and O–H groups in total. The van der Waals surface area contributed by atoms with Crippen LogP contribution in [0, 0.1) is 0 Å². The van der Waals surface area contributed by atoms with Crippen molar-refractivity contribution in [3.63, 3.8) is 0 Å². The van der Waals surface area contributed by atoms with Crippen molar-refractivity contribution in [3.8, 4) is 90.6 Å². The van der Waals surface area contributed by atoms with E-state index < -0.39 is 0 Å². The summed E-state index contributed by atoms with van der Waals surface area (Å²) in [5, 5.41) is 8.39. The quantitative estimate of drug-likeness (QED) is 0.136. The van der Waals surface area contributed by atoms with E-state index in [1.54, 1.807) is 37.2 Å². The molecular formula is C62H36N10. The van der Waals surface area contributed by atoms with Crippen molar-refractivity contribution in [2.24, 2.45) is 0 Å². The first-order chi connectivity index (χ1) is 35.7. The van der Waals surface area contributed by atoms with E-state index in [1.807, 2.05) is 72.8 Å². The van der Waals surface area contributed by atoms with Gasteiger partial charge in [-0.2, -0.15) is 0 Å². The summed E-state index contributed by atoms with van der Waals surface area (Å²) < 4.78 is 0. The minimum absolute atomic E-state index is 0.527. The highest BCUT2D eigenvalue weighted by Gasteiger charge is 2.22. The minimum atomic E-state index is 0.527. The summed E-state index contributed by atoms with van der Waals surface area (Å²) in [4.78, 5) is 49.6. The maximum Gasteiger partial charge on any atom is 0.166 e. The third-order valence-electron chi connectivity index (χ3n) is 13.4. The van der Waals surface area contributed by atoms with Gasteiger partial charge in [-0.05, 0) is 127 Å². The summed E-state index contributed by atoms with van der Waals surface area (Å²) in [5.41, 5.74) is 11.0. The Hall–Kier alpha value is -10.1. The molecule has 0 saturated carbocycles. The fraction of sp³-hybridized carbons (Fsp3) is 0. The van der Waals surface area contributed by atoms with Gasteiger partial charge in [-0.15, -0.1) is 0 Å².